The molecule has 1 spiro atoms. The number of rotatable bonds is 4. The number of benzene rings is 1. The minimum absolute atomic E-state index is 0.0549. The quantitative estimate of drug-likeness (QED) is 0.677. The van der Waals surface area contributed by atoms with Gasteiger partial charge in [-0.05, 0) is 76.0 Å². The van der Waals surface area contributed by atoms with Crippen LogP contribution in [0.4, 0.5) is 4.79 Å². The number of ether oxygens (including phenoxy) is 2. The third-order valence-electron chi connectivity index (χ3n) is 6.02. The zero-order valence-corrected chi connectivity index (χ0v) is 19.0. The summed E-state index contributed by atoms with van der Waals surface area (Å²) in [6.07, 6.45) is 4.00. The Balaban J connectivity index is 1.73. The molecule has 2 fully saturated rings. The lowest BCUT2D eigenvalue weighted by Crippen LogP contribution is -2.45. The van der Waals surface area contributed by atoms with E-state index in [-0.39, 0.29) is 18.1 Å². The molecule has 2 aliphatic rings. The van der Waals surface area contributed by atoms with Crippen LogP contribution in [-0.2, 0) is 19.9 Å². The lowest BCUT2D eigenvalue weighted by atomic mass is 9.75. The first-order chi connectivity index (χ1) is 13.5. The highest BCUT2D eigenvalue weighted by Gasteiger charge is 2.51. The van der Waals surface area contributed by atoms with Gasteiger partial charge >= 0.3 is 12.1 Å². The van der Waals surface area contributed by atoms with Gasteiger partial charge in [-0.2, -0.15) is 0 Å². The number of carboxylic acids is 1. The number of hydrogen-bond donors (Lipinski definition) is 1. The third kappa shape index (κ3) is 5.31. The fourth-order valence-corrected chi connectivity index (χ4v) is 4.99. The van der Waals surface area contributed by atoms with Crippen molar-refractivity contribution >= 4 is 28.0 Å². The summed E-state index contributed by atoms with van der Waals surface area (Å²) in [6.45, 7) is 6.62. The summed E-state index contributed by atoms with van der Waals surface area (Å²) < 4.78 is 12.5. The van der Waals surface area contributed by atoms with E-state index in [2.05, 4.69) is 15.9 Å². The Morgan fingerprint density at radius 2 is 1.86 bits per heavy atom. The molecule has 1 aromatic carbocycles. The Labute approximate surface area is 180 Å². The molecule has 0 bridgehead atoms. The Kier molecular flexibility index (Phi) is 6.30. The number of carboxylic acid groups (broad SMARTS) is 1. The summed E-state index contributed by atoms with van der Waals surface area (Å²) in [5.41, 5.74) is -0.0324. The van der Waals surface area contributed by atoms with Crippen molar-refractivity contribution < 1.29 is 24.2 Å². The summed E-state index contributed by atoms with van der Waals surface area (Å²) in [5.74, 6) is -0.958. The van der Waals surface area contributed by atoms with E-state index in [1.807, 2.05) is 45.0 Å². The molecular weight excluding hydrogens is 438 g/mol. The van der Waals surface area contributed by atoms with Crippen LogP contribution in [0.5, 0.6) is 0 Å². The van der Waals surface area contributed by atoms with Crippen LogP contribution in [0.25, 0.3) is 0 Å². The summed E-state index contributed by atoms with van der Waals surface area (Å²) in [5, 5.41) is 9.19. The highest BCUT2D eigenvalue weighted by Crippen LogP contribution is 2.56. The maximum absolute atomic E-state index is 12.4. The first kappa shape index (κ1) is 22.1. The van der Waals surface area contributed by atoms with Gasteiger partial charge in [0.1, 0.15) is 12.2 Å². The van der Waals surface area contributed by atoms with Crippen molar-refractivity contribution in [2.24, 2.45) is 5.41 Å². The molecule has 1 unspecified atom stereocenters. The minimum atomic E-state index is -0.958. The van der Waals surface area contributed by atoms with Gasteiger partial charge in [-0.25, -0.2) is 9.59 Å². The molecule has 1 saturated heterocycles. The van der Waals surface area contributed by atoms with Crippen molar-refractivity contribution in [2.75, 3.05) is 19.7 Å². The molecule has 6 nitrogen and oxygen atoms in total. The van der Waals surface area contributed by atoms with Crippen LogP contribution in [0.3, 0.4) is 0 Å². The van der Waals surface area contributed by atoms with E-state index in [4.69, 9.17) is 9.47 Å². The highest BCUT2D eigenvalue weighted by molar-refractivity contribution is 9.10. The molecule has 1 amide bonds. The van der Waals surface area contributed by atoms with Gasteiger partial charge in [-0.3, -0.25) is 0 Å². The topological polar surface area (TPSA) is 76.1 Å². The molecule has 1 aliphatic heterocycles. The van der Waals surface area contributed by atoms with Gasteiger partial charge < -0.3 is 19.5 Å². The van der Waals surface area contributed by atoms with E-state index in [1.54, 1.807) is 4.90 Å². The zero-order valence-electron chi connectivity index (χ0n) is 17.4. The van der Waals surface area contributed by atoms with Crippen LogP contribution in [0.1, 0.15) is 58.4 Å². The monoisotopic (exact) mass is 467 g/mol. The minimum Gasteiger partial charge on any atom is -0.480 e. The number of halogens is 1. The van der Waals surface area contributed by atoms with Crippen molar-refractivity contribution in [1.29, 1.82) is 0 Å². The summed E-state index contributed by atoms with van der Waals surface area (Å²) >= 11 is 3.52. The number of carbonyl (C=O) groups excluding carboxylic acids is 1. The zero-order chi connectivity index (χ0) is 21.3. The van der Waals surface area contributed by atoms with Gasteiger partial charge in [-0.15, -0.1) is 0 Å². The number of piperidine rings is 1. The van der Waals surface area contributed by atoms with Crippen molar-refractivity contribution in [3.8, 4) is 0 Å². The standard InChI is InChI=1S/C22H30BrNO5/c1-20(2,3)29-19(27)24-11-9-21(10-12-24)7-8-22(15-21,28-14-18(25)26)16-5-4-6-17(23)13-16/h4-6,13H,7-12,14-15H2,1-3H3,(H,25,26). The average molecular weight is 468 g/mol. The number of aliphatic carboxylic acids is 1. The molecule has 1 saturated carbocycles. The van der Waals surface area contributed by atoms with E-state index in [0.29, 0.717) is 13.1 Å². The molecular formula is C22H30BrNO5. The number of carbonyl (C=O) groups is 2. The normalized spacial score (nSPS) is 23.9. The fraction of sp³-hybridized carbons (Fsp3) is 0.636. The van der Waals surface area contributed by atoms with E-state index in [9.17, 15) is 14.7 Å². The smallest absolute Gasteiger partial charge is 0.410 e. The molecule has 1 atom stereocenters. The number of nitrogens with zero attached hydrogens (tertiary/aromatic N) is 1. The Bertz CT molecular complexity index is 767. The van der Waals surface area contributed by atoms with Crippen molar-refractivity contribution in [2.45, 2.75) is 64.1 Å². The van der Waals surface area contributed by atoms with Crippen molar-refractivity contribution in [3.05, 3.63) is 34.3 Å². The number of likely N-dealkylation sites (tertiary alicyclic amines) is 1. The average Bonchev–Trinajstić information content (AvgIpc) is 2.99. The largest absolute Gasteiger partial charge is 0.480 e. The summed E-state index contributed by atoms with van der Waals surface area (Å²) in [6, 6.07) is 7.96. The number of hydrogen-bond acceptors (Lipinski definition) is 4. The van der Waals surface area contributed by atoms with Gasteiger partial charge in [0.2, 0.25) is 0 Å². The molecule has 1 aliphatic carbocycles. The van der Waals surface area contributed by atoms with E-state index in [1.165, 1.54) is 0 Å². The van der Waals surface area contributed by atoms with Gasteiger partial charge in [-0.1, -0.05) is 28.1 Å². The molecule has 7 heteroatoms. The van der Waals surface area contributed by atoms with Crippen LogP contribution in [0.2, 0.25) is 0 Å². The van der Waals surface area contributed by atoms with Crippen LogP contribution < -0.4 is 0 Å². The van der Waals surface area contributed by atoms with Crippen LogP contribution >= 0.6 is 15.9 Å². The molecule has 1 aromatic rings. The first-order valence-corrected chi connectivity index (χ1v) is 10.9. The Morgan fingerprint density at radius 1 is 1.17 bits per heavy atom. The summed E-state index contributed by atoms with van der Waals surface area (Å²) in [7, 11) is 0. The third-order valence-corrected chi connectivity index (χ3v) is 6.51. The Morgan fingerprint density at radius 3 is 2.45 bits per heavy atom. The Hall–Kier alpha value is -1.60. The maximum Gasteiger partial charge on any atom is 0.410 e. The molecule has 3 rings (SSSR count). The van der Waals surface area contributed by atoms with Crippen LogP contribution in [-0.4, -0.2) is 47.4 Å². The molecule has 29 heavy (non-hydrogen) atoms. The molecule has 1 N–H and O–H groups in total. The molecule has 1 heterocycles. The van der Waals surface area contributed by atoms with Gasteiger partial charge in [0.15, 0.2) is 0 Å². The fourth-order valence-electron chi connectivity index (χ4n) is 4.59. The van der Waals surface area contributed by atoms with Gasteiger partial charge in [0, 0.05) is 17.6 Å². The first-order valence-electron chi connectivity index (χ1n) is 10.1. The highest BCUT2D eigenvalue weighted by atomic mass is 79.9. The van der Waals surface area contributed by atoms with Crippen LogP contribution in [0, 0.1) is 5.41 Å². The van der Waals surface area contributed by atoms with Crippen LogP contribution in [0.15, 0.2) is 28.7 Å². The van der Waals surface area contributed by atoms with Crippen molar-refractivity contribution in [1.82, 2.24) is 4.90 Å². The molecule has 0 radical (unpaired) electrons. The number of amides is 1. The second kappa shape index (κ2) is 8.26. The SMILES string of the molecule is CC(C)(C)OC(=O)N1CCC2(CC1)CCC(OCC(=O)O)(c1cccc(Br)c1)C2. The predicted molar refractivity (Wildman–Crippen MR) is 113 cm³/mol. The second-order valence-electron chi connectivity index (χ2n) is 9.33. The molecule has 160 valence electrons. The van der Waals surface area contributed by atoms with E-state index >= 15 is 0 Å². The predicted octanol–water partition coefficient (Wildman–Crippen LogP) is 4.95. The van der Waals surface area contributed by atoms with Gasteiger partial charge in [0.05, 0.1) is 5.60 Å². The second-order valence-corrected chi connectivity index (χ2v) is 10.2. The van der Waals surface area contributed by atoms with Crippen molar-refractivity contribution in [3.63, 3.8) is 0 Å². The van der Waals surface area contributed by atoms with Gasteiger partial charge in [0.25, 0.3) is 0 Å². The maximum atomic E-state index is 12.4. The van der Waals surface area contributed by atoms with E-state index < -0.39 is 17.2 Å². The van der Waals surface area contributed by atoms with E-state index in [0.717, 1.165) is 42.1 Å². The lowest BCUT2D eigenvalue weighted by Gasteiger charge is -2.41. The summed E-state index contributed by atoms with van der Waals surface area (Å²) in [4.78, 5) is 25.4. The lowest BCUT2D eigenvalue weighted by molar-refractivity contribution is -0.151. The molecule has 0 aromatic heterocycles.